The predicted molar refractivity (Wildman–Crippen MR) is 36.7 cm³/mol. The Morgan fingerprint density at radius 1 is 1.70 bits per heavy atom. The summed E-state index contributed by atoms with van der Waals surface area (Å²) in [6.07, 6.45) is -0.392. The molecule has 0 amide bonds. The van der Waals surface area contributed by atoms with Gasteiger partial charge in [0.05, 0.1) is 23.5 Å². The van der Waals surface area contributed by atoms with Gasteiger partial charge >= 0.3 is 5.97 Å². The summed E-state index contributed by atoms with van der Waals surface area (Å²) < 4.78 is 4.75. The first-order valence-corrected chi connectivity index (χ1v) is 4.12. The summed E-state index contributed by atoms with van der Waals surface area (Å²) in [6, 6.07) is 0. The third kappa shape index (κ3) is 0.609. The van der Waals surface area contributed by atoms with Crippen LogP contribution in [0.2, 0.25) is 0 Å². The highest BCUT2D eigenvalue weighted by molar-refractivity contribution is 9.09. The summed E-state index contributed by atoms with van der Waals surface area (Å²) in [7, 11) is 0. The molecule has 0 spiro atoms. The van der Waals surface area contributed by atoms with Gasteiger partial charge in [-0.1, -0.05) is 15.9 Å². The molecule has 1 heterocycles. The third-order valence-electron chi connectivity index (χ3n) is 2.26. The molecule has 2 aliphatic rings. The van der Waals surface area contributed by atoms with Gasteiger partial charge in [-0.05, 0) is 0 Å². The molecule has 0 aromatic heterocycles. The summed E-state index contributed by atoms with van der Waals surface area (Å²) >= 11 is 3.22. The summed E-state index contributed by atoms with van der Waals surface area (Å²) in [5.41, 5.74) is 0. The Morgan fingerprint density at radius 2 is 2.40 bits per heavy atom. The van der Waals surface area contributed by atoms with E-state index in [2.05, 4.69) is 15.9 Å². The van der Waals surface area contributed by atoms with Crippen LogP contribution in [0.3, 0.4) is 0 Å². The highest BCUT2D eigenvalue weighted by Crippen LogP contribution is 2.44. The molecule has 0 aromatic rings. The molecule has 4 atom stereocenters. The van der Waals surface area contributed by atoms with E-state index in [0.717, 1.165) is 0 Å². The van der Waals surface area contributed by atoms with Crippen LogP contribution in [0.1, 0.15) is 0 Å². The lowest BCUT2D eigenvalue weighted by atomic mass is 9.73. The van der Waals surface area contributed by atoms with Crippen molar-refractivity contribution in [3.63, 3.8) is 0 Å². The molecule has 1 aliphatic heterocycles. The van der Waals surface area contributed by atoms with Crippen LogP contribution in [0.15, 0.2) is 0 Å². The van der Waals surface area contributed by atoms with Crippen molar-refractivity contribution in [3.8, 4) is 0 Å². The van der Waals surface area contributed by atoms with E-state index in [1.165, 1.54) is 0 Å². The number of carbonyl (C=O) groups is 1. The smallest absolute Gasteiger partial charge is 0.310 e. The van der Waals surface area contributed by atoms with Crippen molar-refractivity contribution in [2.45, 2.75) is 10.9 Å². The normalized spacial score (nSPS) is 51.6. The Bertz CT molecular complexity index is 182. The van der Waals surface area contributed by atoms with E-state index in [4.69, 9.17) is 4.74 Å². The van der Waals surface area contributed by atoms with Gasteiger partial charge in [0.15, 0.2) is 0 Å². The lowest BCUT2D eigenvalue weighted by Gasteiger charge is -2.38. The van der Waals surface area contributed by atoms with Crippen molar-refractivity contribution < 1.29 is 14.6 Å². The molecule has 1 saturated heterocycles. The minimum atomic E-state index is -0.392. The molecular weight excluding hydrogens is 200 g/mol. The standard InChI is InChI=1S/C6H7BrO3/c7-4-3-2(5(4)8)1-10-6(3)9/h2-5,8H,1H2/t2-,3+,4-,5-/m1/s1. The van der Waals surface area contributed by atoms with Crippen LogP contribution in [0.5, 0.6) is 0 Å². The van der Waals surface area contributed by atoms with Crippen LogP contribution in [0.4, 0.5) is 0 Å². The Balaban J connectivity index is 2.16. The summed E-state index contributed by atoms with van der Waals surface area (Å²) in [6.45, 7) is 0.396. The van der Waals surface area contributed by atoms with Crippen LogP contribution >= 0.6 is 15.9 Å². The highest BCUT2D eigenvalue weighted by atomic mass is 79.9. The number of rotatable bonds is 0. The number of esters is 1. The SMILES string of the molecule is O=C1OC[C@H]2[C@@H](O)[C@H](Br)[C@@H]12. The van der Waals surface area contributed by atoms with Crippen molar-refractivity contribution in [1.82, 2.24) is 0 Å². The third-order valence-corrected chi connectivity index (χ3v) is 3.37. The van der Waals surface area contributed by atoms with E-state index >= 15 is 0 Å². The maximum Gasteiger partial charge on any atom is 0.310 e. The molecule has 4 heteroatoms. The maximum absolute atomic E-state index is 10.8. The van der Waals surface area contributed by atoms with Gasteiger partial charge in [-0.2, -0.15) is 0 Å². The number of hydrogen-bond acceptors (Lipinski definition) is 3. The topological polar surface area (TPSA) is 46.5 Å². The monoisotopic (exact) mass is 206 g/mol. The van der Waals surface area contributed by atoms with Crippen LogP contribution in [0, 0.1) is 11.8 Å². The molecule has 0 bridgehead atoms. The average Bonchev–Trinajstić information content (AvgIpc) is 2.27. The summed E-state index contributed by atoms with van der Waals surface area (Å²) in [5.74, 6) is -0.205. The second-order valence-electron chi connectivity index (χ2n) is 2.75. The molecule has 1 saturated carbocycles. The van der Waals surface area contributed by atoms with Crippen LogP contribution < -0.4 is 0 Å². The fraction of sp³-hybridized carbons (Fsp3) is 0.833. The van der Waals surface area contributed by atoms with Gasteiger partial charge in [-0.3, -0.25) is 4.79 Å². The fourth-order valence-corrected chi connectivity index (χ4v) is 2.53. The molecule has 0 radical (unpaired) electrons. The molecule has 10 heavy (non-hydrogen) atoms. The van der Waals surface area contributed by atoms with Gasteiger partial charge in [0.2, 0.25) is 0 Å². The Kier molecular flexibility index (Phi) is 1.29. The number of carbonyl (C=O) groups excluding carboxylic acids is 1. The van der Waals surface area contributed by atoms with Gasteiger partial charge in [0, 0.05) is 5.92 Å². The van der Waals surface area contributed by atoms with Gasteiger partial charge in [-0.15, -0.1) is 0 Å². The first-order valence-electron chi connectivity index (χ1n) is 3.20. The molecule has 1 aliphatic carbocycles. The van der Waals surface area contributed by atoms with E-state index < -0.39 is 6.10 Å². The Hall–Kier alpha value is -0.0900. The summed E-state index contributed by atoms with van der Waals surface area (Å²) in [4.78, 5) is 10.8. The number of hydrogen-bond donors (Lipinski definition) is 1. The molecular formula is C6H7BrO3. The average molecular weight is 207 g/mol. The fourth-order valence-electron chi connectivity index (χ4n) is 1.53. The van der Waals surface area contributed by atoms with Gasteiger partial charge in [0.25, 0.3) is 0 Å². The zero-order valence-corrected chi connectivity index (χ0v) is 6.74. The Morgan fingerprint density at radius 3 is 3.00 bits per heavy atom. The lowest BCUT2D eigenvalue weighted by molar-refractivity contribution is -0.143. The number of cyclic esters (lactones) is 1. The Labute approximate surface area is 66.5 Å². The zero-order valence-electron chi connectivity index (χ0n) is 5.16. The second kappa shape index (κ2) is 1.95. The largest absolute Gasteiger partial charge is 0.465 e. The van der Waals surface area contributed by atoms with Gasteiger partial charge < -0.3 is 9.84 Å². The van der Waals surface area contributed by atoms with Crippen molar-refractivity contribution in [2.24, 2.45) is 11.8 Å². The molecule has 2 fully saturated rings. The number of halogens is 1. The first-order chi connectivity index (χ1) is 4.72. The zero-order chi connectivity index (χ0) is 7.30. The lowest BCUT2D eigenvalue weighted by Crippen LogP contribution is -2.52. The molecule has 0 unspecified atom stereocenters. The van der Waals surface area contributed by atoms with E-state index in [1.54, 1.807) is 0 Å². The molecule has 3 nitrogen and oxygen atoms in total. The minimum Gasteiger partial charge on any atom is -0.465 e. The molecule has 56 valence electrons. The van der Waals surface area contributed by atoms with Gasteiger partial charge in [0.1, 0.15) is 0 Å². The first kappa shape index (κ1) is 6.61. The maximum atomic E-state index is 10.8. The highest BCUT2D eigenvalue weighted by Gasteiger charge is 2.57. The van der Waals surface area contributed by atoms with Crippen molar-refractivity contribution in [3.05, 3.63) is 0 Å². The number of aliphatic hydroxyl groups is 1. The van der Waals surface area contributed by atoms with Crippen molar-refractivity contribution in [2.75, 3.05) is 6.61 Å². The quantitative estimate of drug-likeness (QED) is 0.446. The predicted octanol–water partition coefficient (Wildman–Crippen LogP) is -0.0864. The number of ether oxygens (including phenoxy) is 1. The molecule has 0 aromatic carbocycles. The van der Waals surface area contributed by atoms with Crippen LogP contribution in [0.25, 0.3) is 0 Å². The van der Waals surface area contributed by atoms with Crippen LogP contribution in [-0.2, 0) is 9.53 Å². The van der Waals surface area contributed by atoms with E-state index in [-0.39, 0.29) is 22.6 Å². The van der Waals surface area contributed by atoms with Gasteiger partial charge in [-0.25, -0.2) is 0 Å². The van der Waals surface area contributed by atoms with E-state index in [0.29, 0.717) is 6.61 Å². The minimum absolute atomic E-state index is 0.0527. The van der Waals surface area contributed by atoms with E-state index in [9.17, 15) is 9.90 Å². The molecule has 2 rings (SSSR count). The second-order valence-corrected chi connectivity index (χ2v) is 3.81. The molecule has 1 N–H and O–H groups in total. The van der Waals surface area contributed by atoms with Crippen molar-refractivity contribution in [1.29, 1.82) is 0 Å². The summed E-state index contributed by atoms with van der Waals surface area (Å²) in [5, 5.41) is 9.23. The number of alkyl halides is 1. The number of fused-ring (bicyclic) bond motifs is 1. The van der Waals surface area contributed by atoms with E-state index in [1.807, 2.05) is 0 Å². The van der Waals surface area contributed by atoms with Crippen molar-refractivity contribution >= 4 is 21.9 Å². The number of aliphatic hydroxyl groups excluding tert-OH is 1. The van der Waals surface area contributed by atoms with Crippen LogP contribution in [-0.4, -0.2) is 28.6 Å².